The molecule has 0 spiro atoms. The first-order valence-electron chi connectivity index (χ1n) is 15.2. The van der Waals surface area contributed by atoms with E-state index in [0.29, 0.717) is 6.42 Å². The zero-order valence-electron chi connectivity index (χ0n) is 26.2. The van der Waals surface area contributed by atoms with Crippen molar-refractivity contribution in [2.45, 2.75) is 87.5 Å². The normalized spacial score (nSPS) is 36.2. The van der Waals surface area contributed by atoms with Gasteiger partial charge in [0.25, 0.3) is 0 Å². The lowest BCUT2D eigenvalue weighted by molar-refractivity contribution is -0.327. The monoisotopic (exact) mass is 686 g/mol. The zero-order chi connectivity index (χ0) is 35.1. The average molecular weight is 687 g/mol. The van der Waals surface area contributed by atoms with Crippen molar-refractivity contribution in [1.82, 2.24) is 0 Å². The standard InChI is InChI=1S/C31H42O17/c1-3-16-17(18(28(41)42-2)12-45-29(16)48-31-27(40)24(37)22(35)19(11-32)46-31)10-21(34)44-13-20-23(36)25(38)26(39)30(47-20)43-9-8-14-4-6-15(33)7-5-14/h3-7,12,17,19-20,22-27,29-33,35-40H,8-11,13H2,1-2H3/b16-3+/t17-,19+,20+,22+,23+,24-,25-,26+,27+,29-,30+,31-/m1/s1. The second kappa shape index (κ2) is 17.0. The van der Waals surface area contributed by atoms with Gasteiger partial charge in [-0.3, -0.25) is 4.79 Å². The van der Waals surface area contributed by atoms with Crippen LogP contribution in [0.4, 0.5) is 0 Å². The molecule has 12 atom stereocenters. The Morgan fingerprint density at radius 2 is 1.50 bits per heavy atom. The van der Waals surface area contributed by atoms with Crippen LogP contribution in [0.5, 0.6) is 5.75 Å². The van der Waals surface area contributed by atoms with E-state index in [0.717, 1.165) is 18.9 Å². The van der Waals surface area contributed by atoms with Gasteiger partial charge in [-0.1, -0.05) is 18.2 Å². The number of carbonyl (C=O) groups is 2. The van der Waals surface area contributed by atoms with Gasteiger partial charge in [0.1, 0.15) is 61.2 Å². The molecular formula is C31H42O17. The summed E-state index contributed by atoms with van der Waals surface area (Å²) in [5.74, 6) is -2.69. The number of aliphatic hydroxyl groups excluding tert-OH is 7. The first kappa shape index (κ1) is 37.6. The van der Waals surface area contributed by atoms with Crippen molar-refractivity contribution in [3.05, 3.63) is 53.3 Å². The van der Waals surface area contributed by atoms with Gasteiger partial charge in [0.05, 0.1) is 38.6 Å². The maximum atomic E-state index is 13.1. The number of benzene rings is 1. The van der Waals surface area contributed by atoms with Crippen molar-refractivity contribution >= 4 is 11.9 Å². The third-order valence-corrected chi connectivity index (χ3v) is 8.29. The Hall–Kier alpha value is -3.20. The molecule has 0 aromatic heterocycles. The van der Waals surface area contributed by atoms with Crippen LogP contribution in [-0.4, -0.2) is 147 Å². The summed E-state index contributed by atoms with van der Waals surface area (Å²) in [7, 11) is 1.12. The van der Waals surface area contributed by atoms with Crippen molar-refractivity contribution in [1.29, 1.82) is 0 Å². The Labute approximate surface area is 275 Å². The van der Waals surface area contributed by atoms with Crippen molar-refractivity contribution in [3.63, 3.8) is 0 Å². The Balaban J connectivity index is 1.39. The van der Waals surface area contributed by atoms with Crippen LogP contribution in [0, 0.1) is 5.92 Å². The molecule has 3 aliphatic heterocycles. The van der Waals surface area contributed by atoms with Crippen molar-refractivity contribution in [3.8, 4) is 5.75 Å². The third-order valence-electron chi connectivity index (χ3n) is 8.29. The molecule has 1 aromatic carbocycles. The number of rotatable bonds is 12. The predicted molar refractivity (Wildman–Crippen MR) is 157 cm³/mol. The van der Waals surface area contributed by atoms with Crippen LogP contribution >= 0.6 is 0 Å². The van der Waals surface area contributed by atoms with Crippen molar-refractivity contribution in [2.75, 3.05) is 26.9 Å². The fourth-order valence-electron chi connectivity index (χ4n) is 5.47. The summed E-state index contributed by atoms with van der Waals surface area (Å²) >= 11 is 0. The van der Waals surface area contributed by atoms with E-state index in [1.807, 2.05) is 0 Å². The summed E-state index contributed by atoms with van der Waals surface area (Å²) < 4.78 is 38.0. The van der Waals surface area contributed by atoms with E-state index in [-0.39, 0.29) is 23.5 Å². The SMILES string of the molecule is C/C=C1/[C@@H](O[C@H]2O[C@@H](CO)[C@H](O)[C@@H](O)[C@@H]2O)OC=C(C(=O)OC)[C@@H]1CC(=O)OC[C@@H]1O[C@H](OCCc2ccc(O)cc2)[C@@H](O)[C@H](O)[C@H]1O. The quantitative estimate of drug-likeness (QED) is 0.0834. The zero-order valence-corrected chi connectivity index (χ0v) is 26.2. The van der Waals surface area contributed by atoms with Crippen LogP contribution in [0.1, 0.15) is 18.9 Å². The van der Waals surface area contributed by atoms with Crippen LogP contribution in [-0.2, 0) is 49.2 Å². The smallest absolute Gasteiger partial charge is 0.337 e. The molecule has 3 heterocycles. The molecule has 0 radical (unpaired) electrons. The van der Waals surface area contributed by atoms with E-state index in [4.69, 9.17) is 33.2 Å². The molecule has 1 aromatic rings. The topological polar surface area (TPSA) is 261 Å². The number of aliphatic hydroxyl groups is 7. The molecule has 268 valence electrons. The molecule has 0 unspecified atom stereocenters. The van der Waals surface area contributed by atoms with Crippen LogP contribution in [0.2, 0.25) is 0 Å². The van der Waals surface area contributed by atoms with Gasteiger partial charge >= 0.3 is 11.9 Å². The van der Waals surface area contributed by atoms with Crippen molar-refractivity contribution < 1.29 is 83.6 Å². The average Bonchev–Trinajstić information content (AvgIpc) is 3.08. The molecule has 0 aliphatic carbocycles. The maximum absolute atomic E-state index is 13.1. The summed E-state index contributed by atoms with van der Waals surface area (Å²) in [6.45, 7) is 0.335. The Morgan fingerprint density at radius 3 is 2.12 bits per heavy atom. The first-order valence-corrected chi connectivity index (χ1v) is 15.2. The number of aromatic hydroxyl groups is 1. The van der Waals surface area contributed by atoms with Crippen LogP contribution in [0.3, 0.4) is 0 Å². The lowest BCUT2D eigenvalue weighted by Gasteiger charge is -2.42. The third kappa shape index (κ3) is 8.68. The van der Waals surface area contributed by atoms with E-state index in [2.05, 4.69) is 0 Å². The van der Waals surface area contributed by atoms with E-state index < -0.39 is 105 Å². The highest BCUT2D eigenvalue weighted by molar-refractivity contribution is 5.90. The number of ether oxygens (including phenoxy) is 7. The van der Waals surface area contributed by atoms with Crippen LogP contribution < -0.4 is 0 Å². The number of hydrogen-bond donors (Lipinski definition) is 8. The Bertz CT molecular complexity index is 1280. The highest BCUT2D eigenvalue weighted by Gasteiger charge is 2.48. The van der Waals surface area contributed by atoms with Crippen LogP contribution in [0.25, 0.3) is 0 Å². The largest absolute Gasteiger partial charge is 0.508 e. The molecule has 17 heteroatoms. The number of allylic oxidation sites excluding steroid dienone is 1. The van der Waals surface area contributed by atoms with Gasteiger partial charge < -0.3 is 74.0 Å². The Morgan fingerprint density at radius 1 is 0.875 bits per heavy atom. The number of carbonyl (C=O) groups excluding carboxylic acids is 2. The van der Waals surface area contributed by atoms with Gasteiger partial charge in [0.2, 0.25) is 6.29 Å². The van der Waals surface area contributed by atoms with E-state index in [9.17, 15) is 50.4 Å². The molecule has 2 saturated heterocycles. The molecule has 48 heavy (non-hydrogen) atoms. The summed E-state index contributed by atoms with van der Waals surface area (Å²) in [4.78, 5) is 25.7. The molecular weight excluding hydrogens is 644 g/mol. The van der Waals surface area contributed by atoms with Gasteiger partial charge in [-0.05, 0) is 31.0 Å². The second-order valence-electron chi connectivity index (χ2n) is 11.4. The minimum Gasteiger partial charge on any atom is -0.508 e. The molecule has 8 N–H and O–H groups in total. The molecule has 3 aliphatic rings. The maximum Gasteiger partial charge on any atom is 0.337 e. The Kier molecular flexibility index (Phi) is 13.3. The number of esters is 2. The minimum absolute atomic E-state index is 0.0483. The predicted octanol–water partition coefficient (Wildman–Crippen LogP) is -2.52. The number of phenolic OH excluding ortho intramolecular Hbond substituents is 1. The number of methoxy groups -OCH3 is 1. The summed E-state index contributed by atoms with van der Waals surface area (Å²) in [5.41, 5.74) is 0.922. The van der Waals surface area contributed by atoms with Crippen molar-refractivity contribution in [2.24, 2.45) is 5.92 Å². The molecule has 4 rings (SSSR count). The van der Waals surface area contributed by atoms with E-state index >= 15 is 0 Å². The van der Waals surface area contributed by atoms with Gasteiger partial charge in [0.15, 0.2) is 12.6 Å². The fraction of sp³-hybridized carbons (Fsp3) is 0.613. The summed E-state index contributed by atoms with van der Waals surface area (Å²) in [6.07, 6.45) is -14.6. The van der Waals surface area contributed by atoms with Gasteiger partial charge in [0, 0.05) is 11.5 Å². The van der Waals surface area contributed by atoms with Crippen LogP contribution in [0.15, 0.2) is 47.7 Å². The van der Waals surface area contributed by atoms with Gasteiger partial charge in [-0.25, -0.2) is 4.79 Å². The lowest BCUT2D eigenvalue weighted by atomic mass is 9.86. The van der Waals surface area contributed by atoms with E-state index in [1.165, 1.54) is 18.2 Å². The summed E-state index contributed by atoms with van der Waals surface area (Å²) in [5, 5.41) is 80.8. The fourth-order valence-corrected chi connectivity index (χ4v) is 5.47. The van der Waals surface area contributed by atoms with Gasteiger partial charge in [-0.15, -0.1) is 0 Å². The molecule has 2 fully saturated rings. The first-order chi connectivity index (χ1) is 22.9. The molecule has 0 amide bonds. The minimum atomic E-state index is -1.75. The second-order valence-corrected chi connectivity index (χ2v) is 11.4. The number of hydrogen-bond acceptors (Lipinski definition) is 17. The highest BCUT2D eigenvalue weighted by Crippen LogP contribution is 2.36. The molecule has 17 nitrogen and oxygen atoms in total. The van der Waals surface area contributed by atoms with E-state index in [1.54, 1.807) is 19.1 Å². The van der Waals surface area contributed by atoms with Gasteiger partial charge in [-0.2, -0.15) is 0 Å². The molecule has 0 saturated carbocycles. The lowest BCUT2D eigenvalue weighted by Crippen LogP contribution is -2.60. The molecule has 0 bridgehead atoms. The summed E-state index contributed by atoms with van der Waals surface area (Å²) in [6, 6.07) is 6.37. The number of phenols is 1. The highest BCUT2D eigenvalue weighted by atomic mass is 16.8.